The van der Waals surface area contributed by atoms with Gasteiger partial charge in [-0.25, -0.2) is 4.79 Å². The molecule has 0 radical (unpaired) electrons. The largest absolute Gasteiger partial charge is 0.444 e. The third-order valence-corrected chi connectivity index (χ3v) is 4.70. The molecule has 2 fully saturated rings. The Labute approximate surface area is 135 Å². The lowest BCUT2D eigenvalue weighted by Crippen LogP contribution is -2.54. The first-order valence-electron chi connectivity index (χ1n) is 8.76. The van der Waals surface area contributed by atoms with Crippen molar-refractivity contribution < 1.29 is 9.53 Å². The Morgan fingerprint density at radius 1 is 1.18 bits per heavy atom. The summed E-state index contributed by atoms with van der Waals surface area (Å²) in [6.07, 6.45) is 7.23. The Morgan fingerprint density at radius 2 is 1.82 bits per heavy atom. The van der Waals surface area contributed by atoms with E-state index in [1.807, 2.05) is 20.8 Å². The number of rotatable bonds is 6. The number of nitrogens with one attached hydrogen (secondary N) is 2. The van der Waals surface area contributed by atoms with Gasteiger partial charge in [-0.1, -0.05) is 12.8 Å². The molecule has 2 N–H and O–H groups in total. The van der Waals surface area contributed by atoms with E-state index in [1.54, 1.807) is 0 Å². The van der Waals surface area contributed by atoms with Gasteiger partial charge in [0, 0.05) is 31.2 Å². The molecule has 2 aliphatic carbocycles. The Balaban J connectivity index is 1.51. The van der Waals surface area contributed by atoms with Crippen LogP contribution in [0.15, 0.2) is 0 Å². The fourth-order valence-corrected chi connectivity index (χ4v) is 3.35. The number of hydrogen-bond donors (Lipinski definition) is 2. The van der Waals surface area contributed by atoms with Gasteiger partial charge in [-0.3, -0.25) is 0 Å². The smallest absolute Gasteiger partial charge is 0.407 e. The van der Waals surface area contributed by atoms with Crippen molar-refractivity contribution in [2.24, 2.45) is 0 Å². The Bertz CT molecular complexity index is 355. The molecule has 0 spiro atoms. The average molecular weight is 311 g/mol. The molecule has 0 aromatic carbocycles. The van der Waals surface area contributed by atoms with Crippen LogP contribution in [0.3, 0.4) is 0 Å². The van der Waals surface area contributed by atoms with Crippen LogP contribution in [0.2, 0.25) is 0 Å². The number of nitrogens with zero attached hydrogens (tertiary/aromatic N) is 1. The summed E-state index contributed by atoms with van der Waals surface area (Å²) in [6.45, 7) is 7.82. The molecule has 2 rings (SSSR count). The SMILES string of the molecule is CN(CCNC1CC(NC(=O)OC(C)(C)C)C1)C1CCCC1. The van der Waals surface area contributed by atoms with Gasteiger partial charge in [0.1, 0.15) is 5.60 Å². The second-order valence-corrected chi connectivity index (χ2v) is 7.88. The van der Waals surface area contributed by atoms with Crippen LogP contribution in [-0.4, -0.2) is 54.9 Å². The van der Waals surface area contributed by atoms with E-state index in [1.165, 1.54) is 25.7 Å². The van der Waals surface area contributed by atoms with Crippen molar-refractivity contribution in [3.63, 3.8) is 0 Å². The van der Waals surface area contributed by atoms with Gasteiger partial charge in [0.05, 0.1) is 0 Å². The number of amides is 1. The van der Waals surface area contributed by atoms with E-state index in [9.17, 15) is 4.79 Å². The highest BCUT2D eigenvalue weighted by Crippen LogP contribution is 2.23. The van der Waals surface area contributed by atoms with Crippen LogP contribution in [0.5, 0.6) is 0 Å². The molecule has 0 saturated heterocycles. The number of likely N-dealkylation sites (N-methyl/N-ethyl adjacent to an activating group) is 1. The van der Waals surface area contributed by atoms with Crippen molar-refractivity contribution in [3.8, 4) is 0 Å². The molecule has 2 saturated carbocycles. The van der Waals surface area contributed by atoms with Crippen molar-refractivity contribution in [2.45, 2.75) is 83.0 Å². The highest BCUT2D eigenvalue weighted by molar-refractivity contribution is 5.68. The molecule has 5 nitrogen and oxygen atoms in total. The summed E-state index contributed by atoms with van der Waals surface area (Å²) in [5, 5.41) is 6.53. The van der Waals surface area contributed by atoms with Crippen LogP contribution in [0, 0.1) is 0 Å². The molecule has 0 atom stereocenters. The summed E-state index contributed by atoms with van der Waals surface area (Å²) in [6, 6.07) is 1.60. The van der Waals surface area contributed by atoms with E-state index < -0.39 is 5.60 Å². The predicted molar refractivity (Wildman–Crippen MR) is 89.1 cm³/mol. The molecule has 0 aromatic heterocycles. The first-order chi connectivity index (χ1) is 10.3. The van der Waals surface area contributed by atoms with Gasteiger partial charge in [0.15, 0.2) is 0 Å². The summed E-state index contributed by atoms with van der Waals surface area (Å²) >= 11 is 0. The Morgan fingerprint density at radius 3 is 2.41 bits per heavy atom. The van der Waals surface area contributed by atoms with E-state index in [4.69, 9.17) is 4.74 Å². The van der Waals surface area contributed by atoms with Crippen LogP contribution >= 0.6 is 0 Å². The second kappa shape index (κ2) is 7.64. The molecule has 0 unspecified atom stereocenters. The zero-order valence-electron chi connectivity index (χ0n) is 14.7. The zero-order valence-corrected chi connectivity index (χ0v) is 14.7. The highest BCUT2D eigenvalue weighted by Gasteiger charge is 2.31. The van der Waals surface area contributed by atoms with E-state index in [0.29, 0.717) is 6.04 Å². The number of hydrogen-bond acceptors (Lipinski definition) is 4. The lowest BCUT2D eigenvalue weighted by molar-refractivity contribution is 0.0465. The van der Waals surface area contributed by atoms with Crippen LogP contribution in [0.1, 0.15) is 59.3 Å². The molecule has 0 heterocycles. The first kappa shape index (κ1) is 17.5. The maximum Gasteiger partial charge on any atom is 0.407 e. The number of ether oxygens (including phenoxy) is 1. The molecule has 22 heavy (non-hydrogen) atoms. The van der Waals surface area contributed by atoms with Gasteiger partial charge < -0.3 is 20.3 Å². The van der Waals surface area contributed by atoms with Crippen LogP contribution in [0.25, 0.3) is 0 Å². The zero-order chi connectivity index (χ0) is 16.2. The summed E-state index contributed by atoms with van der Waals surface area (Å²) in [7, 11) is 2.24. The van der Waals surface area contributed by atoms with Crippen molar-refractivity contribution in [2.75, 3.05) is 20.1 Å². The Hall–Kier alpha value is -0.810. The molecule has 0 bridgehead atoms. The molecular formula is C17H33N3O2. The number of carbonyl (C=O) groups excluding carboxylic acids is 1. The molecule has 0 aromatic rings. The summed E-state index contributed by atoms with van der Waals surface area (Å²) < 4.78 is 5.27. The minimum Gasteiger partial charge on any atom is -0.444 e. The minimum atomic E-state index is -0.420. The third kappa shape index (κ3) is 5.76. The third-order valence-electron chi connectivity index (χ3n) is 4.70. The lowest BCUT2D eigenvalue weighted by atomic mass is 9.87. The second-order valence-electron chi connectivity index (χ2n) is 7.88. The van der Waals surface area contributed by atoms with E-state index in [2.05, 4.69) is 22.6 Å². The van der Waals surface area contributed by atoms with Crippen molar-refractivity contribution in [3.05, 3.63) is 0 Å². The molecule has 1 amide bonds. The van der Waals surface area contributed by atoms with Gasteiger partial charge in [-0.05, 0) is 53.5 Å². The molecule has 2 aliphatic rings. The maximum absolute atomic E-state index is 11.7. The lowest BCUT2D eigenvalue weighted by Gasteiger charge is -2.37. The molecular weight excluding hydrogens is 278 g/mol. The topological polar surface area (TPSA) is 53.6 Å². The van der Waals surface area contributed by atoms with Crippen LogP contribution < -0.4 is 10.6 Å². The van der Waals surface area contributed by atoms with Crippen LogP contribution in [-0.2, 0) is 4.74 Å². The minimum absolute atomic E-state index is 0.264. The average Bonchev–Trinajstić information content (AvgIpc) is 2.86. The normalized spacial score (nSPS) is 26.0. The van der Waals surface area contributed by atoms with Gasteiger partial charge in [0.25, 0.3) is 0 Å². The van der Waals surface area contributed by atoms with Crippen molar-refractivity contribution >= 4 is 6.09 Å². The number of alkyl carbamates (subject to hydrolysis) is 1. The molecule has 128 valence electrons. The quantitative estimate of drug-likeness (QED) is 0.791. The predicted octanol–water partition coefficient (Wildman–Crippen LogP) is 2.51. The first-order valence-corrected chi connectivity index (χ1v) is 8.76. The number of carbonyl (C=O) groups is 1. The van der Waals surface area contributed by atoms with Gasteiger partial charge >= 0.3 is 6.09 Å². The summed E-state index contributed by atoms with van der Waals surface area (Å²) in [5.74, 6) is 0. The monoisotopic (exact) mass is 311 g/mol. The van der Waals surface area contributed by atoms with Crippen molar-refractivity contribution in [1.29, 1.82) is 0 Å². The Kier molecular flexibility index (Phi) is 6.09. The van der Waals surface area contributed by atoms with Crippen LogP contribution in [0.4, 0.5) is 4.79 Å². The molecule has 5 heteroatoms. The summed E-state index contributed by atoms with van der Waals surface area (Å²) in [5.41, 5.74) is -0.420. The maximum atomic E-state index is 11.7. The van der Waals surface area contributed by atoms with Gasteiger partial charge in [-0.2, -0.15) is 0 Å². The van der Waals surface area contributed by atoms with E-state index in [-0.39, 0.29) is 12.1 Å². The molecule has 0 aliphatic heterocycles. The van der Waals surface area contributed by atoms with Gasteiger partial charge in [0.2, 0.25) is 0 Å². The highest BCUT2D eigenvalue weighted by atomic mass is 16.6. The fraction of sp³-hybridized carbons (Fsp3) is 0.941. The van der Waals surface area contributed by atoms with E-state index >= 15 is 0 Å². The van der Waals surface area contributed by atoms with Gasteiger partial charge in [-0.15, -0.1) is 0 Å². The summed E-state index contributed by atoms with van der Waals surface area (Å²) in [4.78, 5) is 14.2. The fourth-order valence-electron chi connectivity index (χ4n) is 3.35. The van der Waals surface area contributed by atoms with E-state index in [0.717, 1.165) is 32.0 Å². The standard InChI is InChI=1S/C17H33N3O2/c1-17(2,3)22-16(21)19-14-11-13(12-14)18-9-10-20(4)15-7-5-6-8-15/h13-15,18H,5-12H2,1-4H3,(H,19,21). The van der Waals surface area contributed by atoms with Crippen molar-refractivity contribution in [1.82, 2.24) is 15.5 Å².